The van der Waals surface area contributed by atoms with Gasteiger partial charge in [-0.1, -0.05) is 17.7 Å². The van der Waals surface area contributed by atoms with Crippen LogP contribution in [-0.2, 0) is 6.18 Å². The summed E-state index contributed by atoms with van der Waals surface area (Å²) in [5.41, 5.74) is 5.55. The number of carbonyl (C=O) groups excluding carboxylic acids is 2. The Bertz CT molecular complexity index is 1070. The Kier molecular flexibility index (Phi) is 6.54. The van der Waals surface area contributed by atoms with Crippen molar-refractivity contribution in [3.8, 4) is 0 Å². The van der Waals surface area contributed by atoms with E-state index in [0.717, 1.165) is 19.0 Å². The van der Waals surface area contributed by atoms with Gasteiger partial charge < -0.3 is 10.6 Å². The summed E-state index contributed by atoms with van der Waals surface area (Å²) in [7, 11) is 0. The maximum Gasteiger partial charge on any atom is 0.418 e. The normalized spacial score (nSPS) is 17.1. The van der Waals surface area contributed by atoms with Crippen LogP contribution in [0.15, 0.2) is 36.4 Å². The van der Waals surface area contributed by atoms with Crippen molar-refractivity contribution in [2.75, 3.05) is 49.9 Å². The molecule has 2 aliphatic rings. The van der Waals surface area contributed by atoms with Gasteiger partial charge in [-0.2, -0.15) is 13.2 Å². The zero-order chi connectivity index (χ0) is 23.8. The second kappa shape index (κ2) is 9.23. The predicted molar refractivity (Wildman–Crippen MR) is 121 cm³/mol. The predicted octanol–water partition coefficient (Wildman–Crippen LogP) is 4.14. The van der Waals surface area contributed by atoms with Gasteiger partial charge in [0.1, 0.15) is 0 Å². The molecule has 176 valence electrons. The molecule has 2 aromatic carbocycles. The summed E-state index contributed by atoms with van der Waals surface area (Å²) >= 11 is 6.08. The number of hydrogen-bond acceptors (Lipinski definition) is 5. The Morgan fingerprint density at radius 1 is 0.939 bits per heavy atom. The molecule has 2 aliphatic heterocycles. The average Bonchev–Trinajstić information content (AvgIpc) is 3.02. The number of nitrogens with two attached hydrogens (primary N) is 1. The Hall–Kier alpha value is -2.78. The highest BCUT2D eigenvalue weighted by atomic mass is 35.5. The van der Waals surface area contributed by atoms with Crippen molar-refractivity contribution in [1.82, 2.24) is 9.80 Å². The molecule has 33 heavy (non-hydrogen) atoms. The monoisotopic (exact) mass is 480 g/mol. The summed E-state index contributed by atoms with van der Waals surface area (Å²) in [5, 5.41) is 0.287. The number of nitrogen functional groups attached to an aromatic ring is 1. The van der Waals surface area contributed by atoms with Crippen LogP contribution in [0.25, 0.3) is 0 Å². The molecule has 0 atom stereocenters. The molecule has 1 fully saturated rings. The number of anilines is 2. The van der Waals surface area contributed by atoms with E-state index in [4.69, 9.17) is 17.3 Å². The molecule has 0 unspecified atom stereocenters. The van der Waals surface area contributed by atoms with E-state index in [9.17, 15) is 22.8 Å². The number of imide groups is 1. The quantitative estimate of drug-likeness (QED) is 0.382. The van der Waals surface area contributed by atoms with Crippen LogP contribution in [0.5, 0.6) is 0 Å². The van der Waals surface area contributed by atoms with Gasteiger partial charge in [0.25, 0.3) is 11.8 Å². The number of rotatable bonds is 6. The maximum atomic E-state index is 13.1. The molecule has 4 rings (SSSR count). The molecular formula is C23H24ClF3N4O2. The van der Waals surface area contributed by atoms with E-state index in [-0.39, 0.29) is 28.1 Å². The Morgan fingerprint density at radius 2 is 1.64 bits per heavy atom. The molecule has 0 radical (unpaired) electrons. The van der Waals surface area contributed by atoms with Crippen LogP contribution < -0.4 is 10.6 Å². The van der Waals surface area contributed by atoms with Crippen molar-refractivity contribution < 1.29 is 22.8 Å². The number of fused-ring (bicyclic) bond motifs is 1. The first-order valence-corrected chi connectivity index (χ1v) is 11.1. The van der Waals surface area contributed by atoms with E-state index in [1.807, 2.05) is 4.90 Å². The molecular weight excluding hydrogens is 457 g/mol. The molecule has 2 aromatic rings. The van der Waals surface area contributed by atoms with E-state index in [1.165, 1.54) is 11.0 Å². The van der Waals surface area contributed by atoms with E-state index in [1.54, 1.807) is 24.3 Å². The van der Waals surface area contributed by atoms with Crippen LogP contribution in [0.2, 0.25) is 5.02 Å². The fraction of sp³-hybridized carbons (Fsp3) is 0.391. The number of hydrogen-bond donors (Lipinski definition) is 1. The summed E-state index contributed by atoms with van der Waals surface area (Å²) in [6.45, 7) is 3.76. The molecule has 10 heteroatoms. The highest BCUT2D eigenvalue weighted by Gasteiger charge is 2.37. The largest absolute Gasteiger partial charge is 0.418 e. The first kappa shape index (κ1) is 23.4. The van der Waals surface area contributed by atoms with Crippen LogP contribution in [0.1, 0.15) is 39.1 Å². The van der Waals surface area contributed by atoms with Crippen molar-refractivity contribution in [3.63, 3.8) is 0 Å². The zero-order valence-electron chi connectivity index (χ0n) is 17.9. The smallest absolute Gasteiger partial charge is 0.398 e. The number of halogens is 4. The molecule has 1 saturated heterocycles. The summed E-state index contributed by atoms with van der Waals surface area (Å²) in [5.74, 6) is -0.663. The first-order valence-electron chi connectivity index (χ1n) is 10.8. The lowest BCUT2D eigenvalue weighted by Gasteiger charge is -2.36. The minimum absolute atomic E-state index is 0.273. The SMILES string of the molecule is Nc1ccc(N2CCN(CCCCN3C(=O)c4cccc(Cl)c4C3=O)CC2)cc1C(F)(F)F. The fourth-order valence-corrected chi connectivity index (χ4v) is 4.57. The van der Waals surface area contributed by atoms with Crippen molar-refractivity contribution in [2.45, 2.75) is 19.0 Å². The van der Waals surface area contributed by atoms with Gasteiger partial charge in [0.05, 0.1) is 21.7 Å². The summed E-state index contributed by atoms with van der Waals surface area (Å²) in [6.07, 6.45) is -3.02. The topological polar surface area (TPSA) is 69.9 Å². The van der Waals surface area contributed by atoms with Gasteiger partial charge in [-0.3, -0.25) is 19.4 Å². The third-order valence-electron chi connectivity index (χ3n) is 6.13. The molecule has 2 heterocycles. The molecule has 2 amide bonds. The molecule has 6 nitrogen and oxygen atoms in total. The number of piperazine rings is 1. The molecule has 2 N–H and O–H groups in total. The van der Waals surface area contributed by atoms with Gasteiger partial charge in [-0.25, -0.2) is 0 Å². The van der Waals surface area contributed by atoms with Crippen LogP contribution in [0.4, 0.5) is 24.5 Å². The number of alkyl halides is 3. The maximum absolute atomic E-state index is 13.1. The van der Waals surface area contributed by atoms with Crippen molar-refractivity contribution in [2.24, 2.45) is 0 Å². The fourth-order valence-electron chi connectivity index (χ4n) is 4.32. The number of amides is 2. The Balaban J connectivity index is 1.24. The summed E-state index contributed by atoms with van der Waals surface area (Å²) < 4.78 is 39.4. The molecule has 0 spiro atoms. The first-order chi connectivity index (χ1) is 15.7. The van der Waals surface area contributed by atoms with Crippen LogP contribution in [0, 0.1) is 0 Å². The third kappa shape index (κ3) is 4.79. The lowest BCUT2D eigenvalue weighted by Crippen LogP contribution is -2.46. The van der Waals surface area contributed by atoms with Crippen molar-refractivity contribution in [1.29, 1.82) is 0 Å². The lowest BCUT2D eigenvalue weighted by atomic mass is 10.1. The van der Waals surface area contributed by atoms with Gasteiger partial charge in [0.2, 0.25) is 0 Å². The molecule has 0 saturated carbocycles. The standard InChI is InChI=1S/C23H24ClF3N4O2/c24-18-5-3-4-16-20(18)22(33)31(21(16)32)9-2-1-8-29-10-12-30(13-11-29)15-6-7-19(28)17(14-15)23(25,26)27/h3-7,14H,1-2,8-13,28H2. The minimum atomic E-state index is -4.48. The van der Waals surface area contributed by atoms with E-state index in [2.05, 4.69) is 4.90 Å². The highest BCUT2D eigenvalue weighted by molar-refractivity contribution is 6.37. The second-order valence-electron chi connectivity index (χ2n) is 8.23. The number of carbonyl (C=O) groups is 2. The number of unbranched alkanes of at least 4 members (excludes halogenated alkanes) is 1. The Labute approximate surface area is 194 Å². The molecule has 0 aromatic heterocycles. The minimum Gasteiger partial charge on any atom is -0.398 e. The Morgan fingerprint density at radius 3 is 2.30 bits per heavy atom. The van der Waals surface area contributed by atoms with E-state index >= 15 is 0 Å². The molecule has 0 aliphatic carbocycles. The van der Waals surface area contributed by atoms with Gasteiger partial charge in [0, 0.05) is 44.1 Å². The summed E-state index contributed by atoms with van der Waals surface area (Å²) in [4.78, 5) is 30.4. The van der Waals surface area contributed by atoms with Crippen LogP contribution in [0.3, 0.4) is 0 Å². The van der Waals surface area contributed by atoms with E-state index < -0.39 is 11.7 Å². The summed E-state index contributed by atoms with van der Waals surface area (Å²) in [6, 6.07) is 8.90. The number of nitrogens with zero attached hydrogens (tertiary/aromatic N) is 3. The van der Waals surface area contributed by atoms with Gasteiger partial charge in [-0.15, -0.1) is 0 Å². The second-order valence-corrected chi connectivity index (χ2v) is 8.64. The van der Waals surface area contributed by atoms with Gasteiger partial charge in [0.15, 0.2) is 0 Å². The number of benzene rings is 2. The average molecular weight is 481 g/mol. The van der Waals surface area contributed by atoms with E-state index in [0.29, 0.717) is 50.4 Å². The van der Waals surface area contributed by atoms with Crippen LogP contribution >= 0.6 is 11.6 Å². The van der Waals surface area contributed by atoms with Crippen molar-refractivity contribution in [3.05, 3.63) is 58.1 Å². The zero-order valence-corrected chi connectivity index (χ0v) is 18.6. The van der Waals surface area contributed by atoms with Gasteiger partial charge >= 0.3 is 6.18 Å². The lowest BCUT2D eigenvalue weighted by molar-refractivity contribution is -0.136. The van der Waals surface area contributed by atoms with Crippen molar-refractivity contribution >= 4 is 34.8 Å². The molecule has 0 bridgehead atoms. The van der Waals surface area contributed by atoms with Gasteiger partial charge in [-0.05, 0) is 49.7 Å². The highest BCUT2D eigenvalue weighted by Crippen LogP contribution is 2.36. The third-order valence-corrected chi connectivity index (χ3v) is 6.45. The van der Waals surface area contributed by atoms with Crippen LogP contribution in [-0.4, -0.2) is 60.9 Å².